The highest BCUT2D eigenvalue weighted by Crippen LogP contribution is 2.39. The minimum Gasteiger partial charge on any atom is -0.492 e. The Bertz CT molecular complexity index is 664. The molecule has 1 amide bonds. The first kappa shape index (κ1) is 22.0. The molecule has 1 N–H and O–H groups in total. The zero-order chi connectivity index (χ0) is 19.9. The average molecular weight is 413 g/mol. The van der Waals surface area contributed by atoms with E-state index >= 15 is 0 Å². The second-order valence-corrected chi connectivity index (χ2v) is 8.70. The lowest BCUT2D eigenvalue weighted by Gasteiger charge is -2.36. The molecule has 0 aromatic heterocycles. The van der Waals surface area contributed by atoms with Gasteiger partial charge < -0.3 is 4.74 Å². The fourth-order valence-corrected chi connectivity index (χ4v) is 3.80. The minimum atomic E-state index is -0.0793. The van der Waals surface area contributed by atoms with Gasteiger partial charge in [0.1, 0.15) is 5.75 Å². The molecule has 1 aromatic rings. The Hall–Kier alpha value is -1.26. The lowest BCUT2D eigenvalue weighted by Crippen LogP contribution is -2.29. The Morgan fingerprint density at radius 1 is 1.30 bits per heavy atom. The molecule has 1 aromatic carbocycles. The van der Waals surface area contributed by atoms with Crippen molar-refractivity contribution in [2.24, 2.45) is 16.4 Å². The first-order valence-corrected chi connectivity index (χ1v) is 10.5. The normalized spacial score (nSPS) is 17.5. The molecule has 150 valence electrons. The Morgan fingerprint density at radius 3 is 2.63 bits per heavy atom. The van der Waals surface area contributed by atoms with Gasteiger partial charge in [-0.25, -0.2) is 5.43 Å². The highest BCUT2D eigenvalue weighted by atomic mass is 35.5. The third-order valence-electron chi connectivity index (χ3n) is 5.62. The van der Waals surface area contributed by atoms with Crippen LogP contribution in [0.5, 0.6) is 5.75 Å². The van der Waals surface area contributed by atoms with Crippen LogP contribution in [0.1, 0.15) is 65.7 Å². The van der Waals surface area contributed by atoms with Crippen molar-refractivity contribution in [3.8, 4) is 5.75 Å². The summed E-state index contributed by atoms with van der Waals surface area (Å²) in [5.74, 6) is 1.24. The summed E-state index contributed by atoms with van der Waals surface area (Å²) in [6.07, 6.45) is 6.44. The van der Waals surface area contributed by atoms with Crippen molar-refractivity contribution < 1.29 is 9.53 Å². The number of ether oxygens (including phenoxy) is 1. The molecular formula is C21H30Cl2N2O2. The maximum absolute atomic E-state index is 12.0. The summed E-state index contributed by atoms with van der Waals surface area (Å²) in [5, 5.41) is 5.37. The summed E-state index contributed by atoms with van der Waals surface area (Å²) in [4.78, 5) is 12.0. The molecule has 27 heavy (non-hydrogen) atoms. The Morgan fingerprint density at radius 2 is 2.00 bits per heavy atom. The fraction of sp³-hybridized carbons (Fsp3) is 0.619. The largest absolute Gasteiger partial charge is 0.492 e. The van der Waals surface area contributed by atoms with Gasteiger partial charge in [-0.15, -0.1) is 0 Å². The fourth-order valence-electron chi connectivity index (χ4n) is 3.34. The second-order valence-electron chi connectivity index (χ2n) is 7.86. The standard InChI is InChI=1S/C21H30Cl2N2O2/c1-4-21(2,3)15-7-10-17(11-8-15)24-25-20(26)6-5-13-27-19-12-9-16(22)14-18(19)23/h9,12,14-15H,4-8,10-11,13H2,1-3H3,(H,25,26). The van der Waals surface area contributed by atoms with Crippen LogP contribution in [-0.2, 0) is 4.79 Å². The molecule has 0 bridgehead atoms. The number of hydrazone groups is 1. The lowest BCUT2D eigenvalue weighted by atomic mass is 9.69. The number of carbonyl (C=O) groups is 1. The van der Waals surface area contributed by atoms with Crippen molar-refractivity contribution >= 4 is 34.8 Å². The van der Waals surface area contributed by atoms with Gasteiger partial charge in [0.15, 0.2) is 0 Å². The molecule has 0 unspecified atom stereocenters. The van der Waals surface area contributed by atoms with E-state index in [-0.39, 0.29) is 5.91 Å². The summed E-state index contributed by atoms with van der Waals surface area (Å²) in [7, 11) is 0. The lowest BCUT2D eigenvalue weighted by molar-refractivity contribution is -0.121. The highest BCUT2D eigenvalue weighted by Gasteiger charge is 2.30. The van der Waals surface area contributed by atoms with E-state index in [0.717, 1.165) is 37.3 Å². The third kappa shape index (κ3) is 7.00. The van der Waals surface area contributed by atoms with Gasteiger partial charge in [0, 0.05) is 17.2 Å². The SMILES string of the molecule is CCC(C)(C)C1CCC(=NNC(=O)CCCOc2ccc(Cl)cc2Cl)CC1. The molecule has 0 aliphatic heterocycles. The van der Waals surface area contributed by atoms with Crippen LogP contribution < -0.4 is 10.2 Å². The van der Waals surface area contributed by atoms with Crippen LogP contribution >= 0.6 is 23.2 Å². The van der Waals surface area contributed by atoms with Gasteiger partial charge >= 0.3 is 0 Å². The van der Waals surface area contributed by atoms with Crippen molar-refractivity contribution in [3.05, 3.63) is 28.2 Å². The van der Waals surface area contributed by atoms with E-state index in [1.54, 1.807) is 18.2 Å². The third-order valence-corrected chi connectivity index (χ3v) is 6.15. The Balaban J connectivity index is 1.65. The summed E-state index contributed by atoms with van der Waals surface area (Å²) in [6, 6.07) is 5.09. The number of nitrogens with one attached hydrogen (secondary N) is 1. The summed E-state index contributed by atoms with van der Waals surface area (Å²) in [6.45, 7) is 7.37. The molecule has 4 nitrogen and oxygen atoms in total. The maximum Gasteiger partial charge on any atom is 0.240 e. The van der Waals surface area contributed by atoms with Crippen LogP contribution in [-0.4, -0.2) is 18.2 Å². The minimum absolute atomic E-state index is 0.0793. The van der Waals surface area contributed by atoms with Crippen LogP contribution in [0.15, 0.2) is 23.3 Å². The van der Waals surface area contributed by atoms with Gasteiger partial charge in [0.2, 0.25) is 5.91 Å². The quantitative estimate of drug-likeness (QED) is 0.404. The topological polar surface area (TPSA) is 50.7 Å². The van der Waals surface area contributed by atoms with Gasteiger partial charge in [-0.1, -0.05) is 50.4 Å². The molecule has 0 spiro atoms. The van der Waals surface area contributed by atoms with Crippen molar-refractivity contribution in [3.63, 3.8) is 0 Å². The van der Waals surface area contributed by atoms with E-state index in [1.807, 2.05) is 0 Å². The summed E-state index contributed by atoms with van der Waals surface area (Å²) >= 11 is 11.9. The van der Waals surface area contributed by atoms with Crippen LogP contribution in [0.4, 0.5) is 0 Å². The summed E-state index contributed by atoms with van der Waals surface area (Å²) in [5.41, 5.74) is 4.19. The number of carbonyl (C=O) groups excluding carboxylic acids is 1. The van der Waals surface area contributed by atoms with Gasteiger partial charge in [-0.05, 0) is 61.6 Å². The van der Waals surface area contributed by atoms with E-state index in [2.05, 4.69) is 31.3 Å². The molecular weight excluding hydrogens is 383 g/mol. The number of halogens is 2. The smallest absolute Gasteiger partial charge is 0.240 e. The molecule has 2 rings (SSSR count). The number of hydrogen-bond donors (Lipinski definition) is 1. The number of hydrogen-bond acceptors (Lipinski definition) is 3. The zero-order valence-electron chi connectivity index (χ0n) is 16.5. The van der Waals surface area contributed by atoms with Crippen molar-refractivity contribution in [2.75, 3.05) is 6.61 Å². The monoisotopic (exact) mass is 412 g/mol. The van der Waals surface area contributed by atoms with Gasteiger partial charge in [-0.3, -0.25) is 4.79 Å². The molecule has 1 fully saturated rings. The van der Waals surface area contributed by atoms with E-state index < -0.39 is 0 Å². The Labute approximate surface area is 172 Å². The molecule has 0 radical (unpaired) electrons. The van der Waals surface area contributed by atoms with Gasteiger partial charge in [-0.2, -0.15) is 5.10 Å². The van der Waals surface area contributed by atoms with Crippen molar-refractivity contribution in [1.82, 2.24) is 5.43 Å². The predicted octanol–water partition coefficient (Wildman–Crippen LogP) is 6.25. The predicted molar refractivity (Wildman–Crippen MR) is 113 cm³/mol. The molecule has 0 heterocycles. The van der Waals surface area contributed by atoms with Crippen LogP contribution in [0, 0.1) is 11.3 Å². The van der Waals surface area contributed by atoms with Crippen LogP contribution in [0.3, 0.4) is 0 Å². The number of benzene rings is 1. The zero-order valence-corrected chi connectivity index (χ0v) is 18.0. The van der Waals surface area contributed by atoms with E-state index in [0.29, 0.717) is 40.7 Å². The molecule has 1 aliphatic carbocycles. The maximum atomic E-state index is 12.0. The van der Waals surface area contributed by atoms with Crippen molar-refractivity contribution in [1.29, 1.82) is 0 Å². The molecule has 6 heteroatoms. The number of amides is 1. The van der Waals surface area contributed by atoms with Crippen molar-refractivity contribution in [2.45, 2.75) is 65.7 Å². The van der Waals surface area contributed by atoms with Crippen LogP contribution in [0.25, 0.3) is 0 Å². The number of nitrogens with zero attached hydrogens (tertiary/aromatic N) is 1. The second kappa shape index (κ2) is 10.3. The molecule has 1 aliphatic rings. The first-order valence-electron chi connectivity index (χ1n) is 9.74. The summed E-state index contributed by atoms with van der Waals surface area (Å²) < 4.78 is 5.58. The molecule has 0 atom stereocenters. The van der Waals surface area contributed by atoms with E-state index in [9.17, 15) is 4.79 Å². The molecule has 0 saturated heterocycles. The van der Waals surface area contributed by atoms with E-state index in [1.165, 1.54) is 6.42 Å². The number of rotatable bonds is 8. The molecule has 1 saturated carbocycles. The highest BCUT2D eigenvalue weighted by molar-refractivity contribution is 6.35. The Kier molecular flexibility index (Phi) is 8.43. The van der Waals surface area contributed by atoms with Crippen LogP contribution in [0.2, 0.25) is 10.0 Å². The average Bonchev–Trinajstić information content (AvgIpc) is 2.65. The first-order chi connectivity index (χ1) is 12.8. The van der Waals surface area contributed by atoms with Gasteiger partial charge in [0.25, 0.3) is 0 Å². The van der Waals surface area contributed by atoms with Gasteiger partial charge in [0.05, 0.1) is 11.6 Å². The van der Waals surface area contributed by atoms with E-state index in [4.69, 9.17) is 27.9 Å².